The van der Waals surface area contributed by atoms with Crippen LogP contribution in [0.5, 0.6) is 11.5 Å². The maximum Gasteiger partial charge on any atom is 0.265 e. The molecule has 11 heteroatoms. The SMILES string of the molecule is CCN1CCN(Cc2ccc3cc(C(=O)Nc4cc(NC(=O)c5ccc6c(c5)OCCO6)ccc4F)sc3n2)CC1(C)C.[HH].[HH]. The van der Waals surface area contributed by atoms with Crippen LogP contribution in [0.3, 0.4) is 0 Å². The second-order valence-corrected chi connectivity index (χ2v) is 12.4. The van der Waals surface area contributed by atoms with Gasteiger partial charge < -0.3 is 20.1 Å². The molecule has 2 aromatic heterocycles. The van der Waals surface area contributed by atoms with Gasteiger partial charge in [0.15, 0.2) is 11.5 Å². The fourth-order valence-electron chi connectivity index (χ4n) is 5.67. The minimum atomic E-state index is -0.613. The molecule has 2 amide bonds. The summed E-state index contributed by atoms with van der Waals surface area (Å²) in [5, 5.41) is 6.26. The molecule has 2 aromatic carbocycles. The molecule has 0 spiro atoms. The first-order chi connectivity index (χ1) is 20.7. The second-order valence-electron chi connectivity index (χ2n) is 11.4. The van der Waals surface area contributed by atoms with Crippen LogP contribution in [-0.2, 0) is 6.54 Å². The van der Waals surface area contributed by atoms with Gasteiger partial charge in [-0.1, -0.05) is 13.0 Å². The summed E-state index contributed by atoms with van der Waals surface area (Å²) in [5.74, 6) is -0.385. The fourth-order valence-corrected chi connectivity index (χ4v) is 6.61. The van der Waals surface area contributed by atoms with Gasteiger partial charge in [-0.15, -0.1) is 11.3 Å². The zero-order valence-electron chi connectivity index (χ0n) is 24.4. The van der Waals surface area contributed by atoms with E-state index in [1.807, 2.05) is 12.1 Å². The van der Waals surface area contributed by atoms with Crippen molar-refractivity contribution in [1.82, 2.24) is 14.8 Å². The number of benzene rings is 2. The Balaban J connectivity index is 0.00000230. The largest absolute Gasteiger partial charge is 0.486 e. The van der Waals surface area contributed by atoms with Gasteiger partial charge in [-0.05, 0) is 68.9 Å². The molecule has 2 N–H and O–H groups in total. The summed E-state index contributed by atoms with van der Waals surface area (Å²) in [4.78, 5) is 36.9. The molecule has 0 bridgehead atoms. The van der Waals surface area contributed by atoms with Crippen molar-refractivity contribution in [2.45, 2.75) is 32.9 Å². The highest BCUT2D eigenvalue weighted by atomic mass is 32.1. The van der Waals surface area contributed by atoms with Crippen LogP contribution in [0.25, 0.3) is 10.2 Å². The fraction of sp³-hybridized carbons (Fsp3) is 0.344. The highest BCUT2D eigenvalue weighted by Crippen LogP contribution is 2.32. The molecule has 43 heavy (non-hydrogen) atoms. The lowest BCUT2D eigenvalue weighted by atomic mass is 9.98. The number of hydrogen-bond donors (Lipinski definition) is 2. The molecule has 1 fully saturated rings. The number of thiophene rings is 1. The van der Waals surface area contributed by atoms with Crippen molar-refractivity contribution in [3.63, 3.8) is 0 Å². The first kappa shape index (κ1) is 29.0. The number of carbonyl (C=O) groups excluding carboxylic acids is 2. The highest BCUT2D eigenvalue weighted by molar-refractivity contribution is 7.20. The molecule has 1 saturated heterocycles. The summed E-state index contributed by atoms with van der Waals surface area (Å²) in [5.41, 5.74) is 1.72. The Morgan fingerprint density at radius 3 is 2.60 bits per heavy atom. The number of nitrogens with one attached hydrogen (secondary N) is 2. The number of fused-ring (bicyclic) bond motifs is 2. The average molecular weight is 608 g/mol. The molecule has 4 heterocycles. The van der Waals surface area contributed by atoms with E-state index in [4.69, 9.17) is 14.5 Å². The summed E-state index contributed by atoms with van der Waals surface area (Å²) in [6, 6.07) is 14.7. The molecule has 9 nitrogen and oxygen atoms in total. The van der Waals surface area contributed by atoms with E-state index in [0.29, 0.717) is 40.8 Å². The van der Waals surface area contributed by atoms with Crippen molar-refractivity contribution < 1.29 is 26.3 Å². The van der Waals surface area contributed by atoms with Crippen LogP contribution in [0, 0.1) is 5.82 Å². The normalized spacial score (nSPS) is 16.7. The molecule has 2 aliphatic rings. The molecule has 6 rings (SSSR count). The standard InChI is InChI=1S/C32H34FN5O4S.2H2/c1-4-38-12-11-37(19-32(38,2)3)18-23-7-5-21-16-28(43-31(21)35-23)30(40)36-25-17-22(8-9-24(25)33)34-29(39)20-6-10-26-27(15-20)42-14-13-41-26;;/h5-10,15-17H,4,11-14,18-19H2,1-3H3,(H,34,39)(H,36,40);2*1H. The average Bonchev–Trinajstić information content (AvgIpc) is 3.42. The summed E-state index contributed by atoms with van der Waals surface area (Å²) in [7, 11) is 0. The van der Waals surface area contributed by atoms with E-state index in [0.717, 1.165) is 48.6 Å². The van der Waals surface area contributed by atoms with E-state index >= 15 is 0 Å². The van der Waals surface area contributed by atoms with Crippen molar-refractivity contribution >= 4 is 44.7 Å². The Kier molecular flexibility index (Phi) is 8.04. The lowest BCUT2D eigenvalue weighted by Gasteiger charge is -2.46. The lowest BCUT2D eigenvalue weighted by molar-refractivity contribution is 0.0197. The smallest absolute Gasteiger partial charge is 0.265 e. The van der Waals surface area contributed by atoms with E-state index in [-0.39, 0.29) is 14.1 Å². The van der Waals surface area contributed by atoms with E-state index in [2.05, 4.69) is 41.2 Å². The van der Waals surface area contributed by atoms with E-state index in [9.17, 15) is 14.0 Å². The highest BCUT2D eigenvalue weighted by Gasteiger charge is 2.32. The lowest BCUT2D eigenvalue weighted by Crippen LogP contribution is -2.58. The van der Waals surface area contributed by atoms with Crippen molar-refractivity contribution in [3.8, 4) is 11.5 Å². The third-order valence-corrected chi connectivity index (χ3v) is 8.90. The summed E-state index contributed by atoms with van der Waals surface area (Å²) >= 11 is 1.27. The quantitative estimate of drug-likeness (QED) is 0.261. The number of piperazine rings is 1. The monoisotopic (exact) mass is 607 g/mol. The van der Waals surface area contributed by atoms with Crippen LogP contribution in [0.2, 0.25) is 0 Å². The Morgan fingerprint density at radius 1 is 1.00 bits per heavy atom. The molecule has 0 unspecified atom stereocenters. The van der Waals surface area contributed by atoms with E-state index in [1.165, 1.54) is 29.5 Å². The molecule has 2 aliphatic heterocycles. The molecule has 0 radical (unpaired) electrons. The minimum absolute atomic E-state index is 0. The van der Waals surface area contributed by atoms with Gasteiger partial charge in [0, 0.05) is 51.2 Å². The molecular formula is C32H38FN5O4S. The molecular weight excluding hydrogens is 569 g/mol. The number of pyridine rings is 1. The molecule has 228 valence electrons. The molecule has 0 aliphatic carbocycles. The maximum atomic E-state index is 14.7. The minimum Gasteiger partial charge on any atom is -0.486 e. The Hall–Kier alpha value is -4.06. The van der Waals surface area contributed by atoms with Crippen LogP contribution >= 0.6 is 11.3 Å². The zero-order chi connectivity index (χ0) is 30.1. The van der Waals surface area contributed by atoms with Gasteiger partial charge in [-0.3, -0.25) is 19.4 Å². The number of amides is 2. The summed E-state index contributed by atoms with van der Waals surface area (Å²) in [6.45, 7) is 12.4. The van der Waals surface area contributed by atoms with Crippen molar-refractivity contribution in [3.05, 3.63) is 76.5 Å². The van der Waals surface area contributed by atoms with E-state index < -0.39 is 17.6 Å². The van der Waals surface area contributed by atoms with Crippen LogP contribution < -0.4 is 20.1 Å². The number of rotatable bonds is 7. The number of nitrogens with zero attached hydrogens (tertiary/aromatic N) is 3. The van der Waals surface area contributed by atoms with Gasteiger partial charge >= 0.3 is 0 Å². The van der Waals surface area contributed by atoms with E-state index in [1.54, 1.807) is 24.3 Å². The third kappa shape index (κ3) is 6.34. The van der Waals surface area contributed by atoms with Gasteiger partial charge in [0.2, 0.25) is 0 Å². The molecule has 0 atom stereocenters. The predicted molar refractivity (Wildman–Crippen MR) is 170 cm³/mol. The number of likely N-dealkylation sites (N-methyl/N-ethyl adjacent to an activating group) is 1. The van der Waals surface area contributed by atoms with Crippen LogP contribution in [0.1, 0.15) is 49.3 Å². The third-order valence-electron chi connectivity index (χ3n) is 7.86. The van der Waals surface area contributed by atoms with Crippen molar-refractivity contribution in [1.29, 1.82) is 0 Å². The van der Waals surface area contributed by atoms with Crippen LogP contribution in [0.15, 0.2) is 54.6 Å². The van der Waals surface area contributed by atoms with Gasteiger partial charge in [-0.25, -0.2) is 9.37 Å². The number of carbonyl (C=O) groups is 2. The maximum absolute atomic E-state index is 14.7. The Labute approximate surface area is 256 Å². The van der Waals surface area contributed by atoms with Crippen molar-refractivity contribution in [2.24, 2.45) is 0 Å². The molecule has 4 aromatic rings. The first-order valence-electron chi connectivity index (χ1n) is 14.4. The predicted octanol–water partition coefficient (Wildman–Crippen LogP) is 6.12. The second kappa shape index (κ2) is 11.9. The zero-order valence-corrected chi connectivity index (χ0v) is 25.2. The topological polar surface area (TPSA) is 96.0 Å². The number of hydrogen-bond acceptors (Lipinski definition) is 8. The van der Waals surface area contributed by atoms with Gasteiger partial charge in [0.25, 0.3) is 11.8 Å². The first-order valence-corrected chi connectivity index (χ1v) is 15.2. The summed E-state index contributed by atoms with van der Waals surface area (Å²) in [6.07, 6.45) is 0. The number of anilines is 2. The van der Waals surface area contributed by atoms with Crippen molar-refractivity contribution in [2.75, 3.05) is 50.0 Å². The Bertz CT molecular complexity index is 1700. The number of halogens is 1. The number of aromatic nitrogens is 1. The van der Waals surface area contributed by atoms with Gasteiger partial charge in [0.1, 0.15) is 23.9 Å². The summed E-state index contributed by atoms with van der Waals surface area (Å²) < 4.78 is 25.8. The number of ether oxygens (including phenoxy) is 2. The van der Waals surface area contributed by atoms with Crippen LogP contribution in [-0.4, -0.2) is 71.5 Å². The van der Waals surface area contributed by atoms with Gasteiger partial charge in [-0.2, -0.15) is 0 Å². The van der Waals surface area contributed by atoms with Crippen LogP contribution in [0.4, 0.5) is 15.8 Å². The molecule has 0 saturated carbocycles. The van der Waals surface area contributed by atoms with Gasteiger partial charge in [0.05, 0.1) is 16.3 Å². The Morgan fingerprint density at radius 2 is 1.81 bits per heavy atom.